The zero-order valence-electron chi connectivity index (χ0n) is 18.6. The highest BCUT2D eigenvalue weighted by Gasteiger charge is 2.17. The summed E-state index contributed by atoms with van der Waals surface area (Å²) in [6.07, 6.45) is 7.74. The van der Waals surface area contributed by atoms with Crippen molar-refractivity contribution >= 4 is 27.4 Å². The van der Waals surface area contributed by atoms with Crippen LogP contribution in [0, 0.1) is 0 Å². The van der Waals surface area contributed by atoms with Gasteiger partial charge in [-0.15, -0.1) is 0 Å². The molecule has 0 bridgehead atoms. The van der Waals surface area contributed by atoms with Gasteiger partial charge in [0.05, 0.1) is 28.7 Å². The molecule has 1 aliphatic rings. The second-order valence-electron chi connectivity index (χ2n) is 8.01. The third kappa shape index (κ3) is 5.93. The summed E-state index contributed by atoms with van der Waals surface area (Å²) >= 11 is 0. The normalized spacial score (nSPS) is 14.2. The number of aromatic nitrogens is 3. The van der Waals surface area contributed by atoms with Crippen molar-refractivity contribution in [2.45, 2.75) is 24.2 Å². The Balaban J connectivity index is 1.41. The van der Waals surface area contributed by atoms with Gasteiger partial charge in [0, 0.05) is 18.3 Å². The summed E-state index contributed by atoms with van der Waals surface area (Å²) in [4.78, 5) is 27.5. The molecule has 1 amide bonds. The first-order valence-electron chi connectivity index (χ1n) is 11.1. The second-order valence-corrected chi connectivity index (χ2v) is 9.78. The minimum atomic E-state index is -3.61. The zero-order valence-corrected chi connectivity index (χ0v) is 19.5. The number of anilines is 2. The van der Waals surface area contributed by atoms with Crippen LogP contribution >= 0.6 is 0 Å². The van der Waals surface area contributed by atoms with Crippen LogP contribution in [0.15, 0.2) is 59.9 Å². The van der Waals surface area contributed by atoms with E-state index in [0.717, 1.165) is 26.1 Å². The molecule has 0 aliphatic carbocycles. The van der Waals surface area contributed by atoms with E-state index in [9.17, 15) is 13.2 Å². The molecule has 11 heteroatoms. The lowest BCUT2D eigenvalue weighted by molar-refractivity contribution is 0.102. The summed E-state index contributed by atoms with van der Waals surface area (Å²) in [5, 5.41) is 2.67. The fraction of sp³-hybridized carbons (Fsp3) is 0.304. The van der Waals surface area contributed by atoms with Gasteiger partial charge in [0.25, 0.3) is 5.91 Å². The van der Waals surface area contributed by atoms with Crippen LogP contribution in [-0.4, -0.2) is 60.4 Å². The van der Waals surface area contributed by atoms with Crippen LogP contribution in [0.4, 0.5) is 11.5 Å². The van der Waals surface area contributed by atoms with E-state index in [2.05, 4.69) is 29.9 Å². The van der Waals surface area contributed by atoms with Gasteiger partial charge in [0.2, 0.25) is 10.0 Å². The van der Waals surface area contributed by atoms with E-state index in [1.54, 1.807) is 30.5 Å². The first-order valence-corrected chi connectivity index (χ1v) is 12.6. The van der Waals surface area contributed by atoms with E-state index in [1.807, 2.05) is 0 Å². The first-order chi connectivity index (χ1) is 16.4. The van der Waals surface area contributed by atoms with Crippen molar-refractivity contribution in [1.82, 2.24) is 24.6 Å². The van der Waals surface area contributed by atoms with Crippen molar-refractivity contribution in [3.05, 3.63) is 60.7 Å². The molecule has 178 valence electrons. The molecule has 4 rings (SSSR count). The molecule has 2 aromatic heterocycles. The zero-order chi connectivity index (χ0) is 24.0. The minimum Gasteiger partial charge on any atom is -0.382 e. The van der Waals surface area contributed by atoms with Gasteiger partial charge in [0.15, 0.2) is 11.5 Å². The average molecular weight is 482 g/mol. The second kappa shape index (κ2) is 10.7. The van der Waals surface area contributed by atoms with Crippen molar-refractivity contribution in [2.75, 3.05) is 37.2 Å². The molecule has 4 N–H and O–H groups in total. The number of nitrogen functional groups attached to an aromatic ring is 1. The number of rotatable bonds is 9. The fourth-order valence-electron chi connectivity index (χ4n) is 3.74. The Bertz CT molecular complexity index is 1230. The summed E-state index contributed by atoms with van der Waals surface area (Å²) in [5.74, 6) is -0.528. The summed E-state index contributed by atoms with van der Waals surface area (Å²) in [6, 6.07) is 9.65. The lowest BCUT2D eigenvalue weighted by Crippen LogP contribution is -2.28. The number of benzene rings is 1. The standard InChI is InChI=1S/C23H27N7O3S/c24-22-21(23(31)28-18-5-3-10-25-15-18)29-20(16-26-22)17-6-8-19(9-7-17)34(32,33)27-11-4-14-30-12-1-2-13-30/h3,5-10,15-16,27H,1-2,4,11-14H2,(H2,24,26)(H,28,31). The molecular weight excluding hydrogens is 454 g/mol. The Morgan fingerprint density at radius 3 is 2.56 bits per heavy atom. The Morgan fingerprint density at radius 2 is 1.85 bits per heavy atom. The molecule has 1 saturated heterocycles. The van der Waals surface area contributed by atoms with Crippen molar-refractivity contribution < 1.29 is 13.2 Å². The molecule has 0 spiro atoms. The van der Waals surface area contributed by atoms with Crippen molar-refractivity contribution in [3.63, 3.8) is 0 Å². The van der Waals surface area contributed by atoms with E-state index in [0.29, 0.717) is 23.5 Å². The maximum Gasteiger partial charge on any atom is 0.278 e. The van der Waals surface area contributed by atoms with Crippen molar-refractivity contribution in [2.24, 2.45) is 0 Å². The highest BCUT2D eigenvalue weighted by Crippen LogP contribution is 2.21. The van der Waals surface area contributed by atoms with Crippen LogP contribution in [0.2, 0.25) is 0 Å². The Kier molecular flexibility index (Phi) is 7.46. The van der Waals surface area contributed by atoms with Gasteiger partial charge in [-0.25, -0.2) is 23.1 Å². The number of nitrogens with two attached hydrogens (primary N) is 1. The predicted molar refractivity (Wildman–Crippen MR) is 130 cm³/mol. The molecule has 3 heterocycles. The van der Waals surface area contributed by atoms with E-state index in [1.165, 1.54) is 37.4 Å². The molecule has 1 aromatic carbocycles. The van der Waals surface area contributed by atoms with Crippen molar-refractivity contribution in [1.29, 1.82) is 0 Å². The number of likely N-dealkylation sites (tertiary alicyclic amines) is 1. The number of nitrogens with one attached hydrogen (secondary N) is 2. The molecule has 0 saturated carbocycles. The Morgan fingerprint density at radius 1 is 1.09 bits per heavy atom. The molecule has 10 nitrogen and oxygen atoms in total. The number of carbonyl (C=O) groups excluding carboxylic acids is 1. The lowest BCUT2D eigenvalue weighted by Gasteiger charge is -2.14. The highest BCUT2D eigenvalue weighted by molar-refractivity contribution is 7.89. The molecule has 0 unspecified atom stereocenters. The van der Waals surface area contributed by atoms with Gasteiger partial charge in [0.1, 0.15) is 0 Å². The van der Waals surface area contributed by atoms with Gasteiger partial charge in [-0.1, -0.05) is 12.1 Å². The molecule has 34 heavy (non-hydrogen) atoms. The smallest absolute Gasteiger partial charge is 0.278 e. The number of nitrogens with zero attached hydrogens (tertiary/aromatic N) is 4. The fourth-order valence-corrected chi connectivity index (χ4v) is 4.81. The van der Waals surface area contributed by atoms with Gasteiger partial charge < -0.3 is 16.0 Å². The maximum absolute atomic E-state index is 12.6. The number of hydrogen-bond donors (Lipinski definition) is 3. The quantitative estimate of drug-likeness (QED) is 0.395. The monoisotopic (exact) mass is 481 g/mol. The summed E-state index contributed by atoms with van der Waals surface area (Å²) < 4.78 is 27.9. The van der Waals surface area contributed by atoms with Gasteiger partial charge in [-0.2, -0.15) is 0 Å². The van der Waals surface area contributed by atoms with Crippen molar-refractivity contribution in [3.8, 4) is 11.3 Å². The Hall–Kier alpha value is -3.41. The van der Waals surface area contributed by atoms with E-state index in [-0.39, 0.29) is 16.4 Å². The SMILES string of the molecule is Nc1ncc(-c2ccc(S(=O)(=O)NCCCN3CCCC3)cc2)nc1C(=O)Nc1cccnc1. The molecule has 0 atom stereocenters. The predicted octanol–water partition coefficient (Wildman–Crippen LogP) is 2.14. The largest absolute Gasteiger partial charge is 0.382 e. The van der Waals surface area contributed by atoms with Crippen LogP contribution in [0.25, 0.3) is 11.3 Å². The topological polar surface area (TPSA) is 143 Å². The average Bonchev–Trinajstić information content (AvgIpc) is 3.36. The van der Waals surface area contributed by atoms with Gasteiger partial charge in [-0.3, -0.25) is 9.78 Å². The van der Waals surface area contributed by atoms with Crippen LogP contribution in [0.5, 0.6) is 0 Å². The van der Waals surface area contributed by atoms with E-state index in [4.69, 9.17) is 5.73 Å². The molecule has 0 radical (unpaired) electrons. The van der Waals surface area contributed by atoms with Crippen LogP contribution in [-0.2, 0) is 10.0 Å². The molecule has 1 aliphatic heterocycles. The number of sulfonamides is 1. The van der Waals surface area contributed by atoms with Gasteiger partial charge in [-0.05, 0) is 63.2 Å². The summed E-state index contributed by atoms with van der Waals surface area (Å²) in [7, 11) is -3.61. The maximum atomic E-state index is 12.6. The number of pyridine rings is 1. The third-order valence-corrected chi connectivity index (χ3v) is 7.01. The highest BCUT2D eigenvalue weighted by atomic mass is 32.2. The number of amides is 1. The minimum absolute atomic E-state index is 0.0116. The third-order valence-electron chi connectivity index (χ3n) is 5.54. The van der Waals surface area contributed by atoms with E-state index >= 15 is 0 Å². The van der Waals surface area contributed by atoms with Gasteiger partial charge >= 0.3 is 0 Å². The molecule has 3 aromatic rings. The van der Waals surface area contributed by atoms with Crippen LogP contribution in [0.3, 0.4) is 0 Å². The summed E-state index contributed by atoms with van der Waals surface area (Å²) in [5.41, 5.74) is 7.34. The molecule has 1 fully saturated rings. The number of hydrogen-bond acceptors (Lipinski definition) is 8. The Labute approximate surface area is 198 Å². The molecular formula is C23H27N7O3S. The first kappa shape index (κ1) is 23.7. The van der Waals surface area contributed by atoms with Crippen LogP contribution < -0.4 is 15.8 Å². The van der Waals surface area contributed by atoms with Crippen LogP contribution in [0.1, 0.15) is 29.8 Å². The lowest BCUT2D eigenvalue weighted by atomic mass is 10.1. The summed E-state index contributed by atoms with van der Waals surface area (Å²) in [6.45, 7) is 3.47. The van der Waals surface area contributed by atoms with E-state index < -0.39 is 15.9 Å². The number of carbonyl (C=O) groups is 1.